The molecule has 2 aromatic rings. The first-order chi connectivity index (χ1) is 14.0. The number of carbonyl (C=O) groups excluding carboxylic acids is 2. The van der Waals surface area contributed by atoms with Gasteiger partial charge in [-0.2, -0.15) is 0 Å². The van der Waals surface area contributed by atoms with Gasteiger partial charge < -0.3 is 15.0 Å². The van der Waals surface area contributed by atoms with Gasteiger partial charge in [-0.1, -0.05) is 55.5 Å². The van der Waals surface area contributed by atoms with Gasteiger partial charge in [0.2, 0.25) is 5.91 Å². The van der Waals surface area contributed by atoms with E-state index in [1.54, 1.807) is 0 Å². The van der Waals surface area contributed by atoms with E-state index in [1.807, 2.05) is 42.2 Å². The van der Waals surface area contributed by atoms with Crippen LogP contribution in [0.1, 0.15) is 56.2 Å². The quantitative estimate of drug-likeness (QED) is 0.669. The van der Waals surface area contributed by atoms with E-state index < -0.39 is 0 Å². The fourth-order valence-corrected chi connectivity index (χ4v) is 4.03. The van der Waals surface area contributed by atoms with Crippen LogP contribution in [0.3, 0.4) is 0 Å². The third kappa shape index (κ3) is 4.78. The number of benzene rings is 2. The van der Waals surface area contributed by atoms with E-state index >= 15 is 0 Å². The average molecular weight is 395 g/mol. The number of esters is 1. The number of rotatable bonds is 8. The van der Waals surface area contributed by atoms with Crippen LogP contribution in [0.5, 0.6) is 0 Å². The van der Waals surface area contributed by atoms with Crippen LogP contribution in [-0.4, -0.2) is 36.5 Å². The molecule has 0 spiro atoms. The highest BCUT2D eigenvalue weighted by Gasteiger charge is 2.36. The zero-order valence-corrected chi connectivity index (χ0v) is 17.4. The lowest BCUT2D eigenvalue weighted by Crippen LogP contribution is -2.40. The summed E-state index contributed by atoms with van der Waals surface area (Å²) in [5.41, 5.74) is 3.43. The Morgan fingerprint density at radius 3 is 2.48 bits per heavy atom. The molecule has 29 heavy (non-hydrogen) atoms. The number of amides is 1. The van der Waals surface area contributed by atoms with E-state index in [9.17, 15) is 9.59 Å². The normalized spacial score (nSPS) is 18.4. The van der Waals surface area contributed by atoms with Crippen LogP contribution in [0, 0.1) is 0 Å². The van der Waals surface area contributed by atoms with Crippen molar-refractivity contribution in [3.8, 4) is 0 Å². The van der Waals surface area contributed by atoms with Crippen LogP contribution in [0.4, 0.5) is 5.69 Å². The molecule has 1 aliphatic rings. The Kier molecular flexibility index (Phi) is 6.91. The predicted octanol–water partition coefficient (Wildman–Crippen LogP) is 4.52. The van der Waals surface area contributed by atoms with Crippen molar-refractivity contribution in [1.29, 1.82) is 0 Å². The maximum absolute atomic E-state index is 13.3. The van der Waals surface area contributed by atoms with Crippen molar-refractivity contribution in [1.82, 2.24) is 4.90 Å². The van der Waals surface area contributed by atoms with Crippen molar-refractivity contribution in [2.75, 3.05) is 19.0 Å². The third-order valence-electron chi connectivity index (χ3n) is 5.85. The topological polar surface area (TPSA) is 58.6 Å². The summed E-state index contributed by atoms with van der Waals surface area (Å²) in [7, 11) is 1.38. The Morgan fingerprint density at radius 1 is 1.10 bits per heavy atom. The second kappa shape index (κ2) is 9.59. The van der Waals surface area contributed by atoms with Crippen molar-refractivity contribution in [2.45, 2.75) is 51.1 Å². The second-order valence-corrected chi connectivity index (χ2v) is 7.60. The number of fused-ring (bicyclic) bond motifs is 1. The van der Waals surface area contributed by atoms with Gasteiger partial charge in [-0.15, -0.1) is 0 Å². The maximum Gasteiger partial charge on any atom is 0.307 e. The average Bonchev–Trinajstić information content (AvgIpc) is 3.12. The number of carbonyl (C=O) groups is 2. The van der Waals surface area contributed by atoms with Crippen LogP contribution in [0.2, 0.25) is 0 Å². The zero-order valence-electron chi connectivity index (χ0n) is 17.4. The van der Waals surface area contributed by atoms with Gasteiger partial charge in [-0.25, -0.2) is 0 Å². The number of ether oxygens (including phenoxy) is 1. The molecule has 2 aromatic carbocycles. The molecule has 1 aliphatic heterocycles. The molecule has 1 heterocycles. The molecule has 0 saturated heterocycles. The lowest BCUT2D eigenvalue weighted by atomic mass is 9.87. The van der Waals surface area contributed by atoms with E-state index in [0.717, 1.165) is 12.1 Å². The molecule has 3 rings (SSSR count). The smallest absolute Gasteiger partial charge is 0.307 e. The van der Waals surface area contributed by atoms with Gasteiger partial charge in [0, 0.05) is 30.6 Å². The Morgan fingerprint density at radius 2 is 1.79 bits per heavy atom. The van der Waals surface area contributed by atoms with Gasteiger partial charge in [0.15, 0.2) is 0 Å². The highest BCUT2D eigenvalue weighted by molar-refractivity contribution is 5.80. The van der Waals surface area contributed by atoms with E-state index in [0.29, 0.717) is 13.0 Å². The summed E-state index contributed by atoms with van der Waals surface area (Å²) in [5, 5.41) is 3.60. The molecule has 154 valence electrons. The van der Waals surface area contributed by atoms with Gasteiger partial charge in [-0.05, 0) is 30.5 Å². The zero-order chi connectivity index (χ0) is 20.8. The maximum atomic E-state index is 13.3. The summed E-state index contributed by atoms with van der Waals surface area (Å²) in [6, 6.07) is 18.6. The van der Waals surface area contributed by atoms with Crippen molar-refractivity contribution >= 4 is 17.6 Å². The molecule has 0 saturated carbocycles. The van der Waals surface area contributed by atoms with Crippen LogP contribution < -0.4 is 5.32 Å². The SMILES string of the molecule is CCC(C)N(CCC(=O)OC)C(=O)CC1c2ccccc2NC1c1ccccc1. The van der Waals surface area contributed by atoms with E-state index in [1.165, 1.54) is 18.2 Å². The number of nitrogens with zero attached hydrogens (tertiary/aromatic N) is 1. The number of anilines is 1. The summed E-state index contributed by atoms with van der Waals surface area (Å²) >= 11 is 0. The number of nitrogens with one attached hydrogen (secondary N) is 1. The van der Waals surface area contributed by atoms with Gasteiger partial charge in [0.25, 0.3) is 0 Å². The molecule has 5 heteroatoms. The van der Waals surface area contributed by atoms with Crippen molar-refractivity contribution in [3.63, 3.8) is 0 Å². The van der Waals surface area contributed by atoms with Crippen LogP contribution in [0.15, 0.2) is 54.6 Å². The van der Waals surface area contributed by atoms with Gasteiger partial charge in [0.05, 0.1) is 19.6 Å². The minimum atomic E-state index is -0.291. The lowest BCUT2D eigenvalue weighted by Gasteiger charge is -2.30. The van der Waals surface area contributed by atoms with Gasteiger partial charge >= 0.3 is 5.97 Å². The highest BCUT2D eigenvalue weighted by Crippen LogP contribution is 2.46. The molecule has 1 amide bonds. The Hall–Kier alpha value is -2.82. The molecule has 0 aromatic heterocycles. The molecule has 3 atom stereocenters. The molecular weight excluding hydrogens is 364 g/mol. The summed E-state index contributed by atoms with van der Waals surface area (Å²) in [6.45, 7) is 4.48. The Labute approximate surface area is 173 Å². The number of hydrogen-bond donors (Lipinski definition) is 1. The Balaban J connectivity index is 1.83. The molecule has 3 unspecified atom stereocenters. The number of hydrogen-bond acceptors (Lipinski definition) is 4. The lowest BCUT2D eigenvalue weighted by molar-refractivity contribution is -0.142. The molecule has 0 fully saturated rings. The first-order valence-electron chi connectivity index (χ1n) is 10.3. The molecular formula is C24H30N2O3. The third-order valence-corrected chi connectivity index (χ3v) is 5.85. The number of para-hydroxylation sites is 1. The summed E-state index contributed by atoms with van der Waals surface area (Å²) in [4.78, 5) is 26.8. The fourth-order valence-electron chi connectivity index (χ4n) is 4.03. The highest BCUT2D eigenvalue weighted by atomic mass is 16.5. The van der Waals surface area contributed by atoms with Crippen LogP contribution in [0.25, 0.3) is 0 Å². The monoisotopic (exact) mass is 394 g/mol. The van der Waals surface area contributed by atoms with Crippen molar-refractivity contribution < 1.29 is 14.3 Å². The predicted molar refractivity (Wildman–Crippen MR) is 115 cm³/mol. The fraction of sp³-hybridized carbons (Fsp3) is 0.417. The summed E-state index contributed by atoms with van der Waals surface area (Å²) in [5.74, 6) is -0.167. The van der Waals surface area contributed by atoms with Crippen molar-refractivity contribution in [3.05, 3.63) is 65.7 Å². The molecule has 5 nitrogen and oxygen atoms in total. The second-order valence-electron chi connectivity index (χ2n) is 7.60. The van der Waals surface area contributed by atoms with Crippen molar-refractivity contribution in [2.24, 2.45) is 0 Å². The Bertz CT molecular complexity index is 837. The van der Waals surface area contributed by atoms with E-state index in [-0.39, 0.29) is 36.3 Å². The minimum absolute atomic E-state index is 0.0470. The first kappa shape index (κ1) is 20.9. The van der Waals surface area contributed by atoms with E-state index in [2.05, 4.69) is 36.5 Å². The largest absolute Gasteiger partial charge is 0.469 e. The minimum Gasteiger partial charge on any atom is -0.469 e. The molecule has 0 aliphatic carbocycles. The standard InChI is InChI=1S/C24H30N2O3/c1-4-17(2)26(15-14-23(28)29-3)22(27)16-20-19-12-8-9-13-21(19)25-24(20)18-10-6-5-7-11-18/h5-13,17,20,24-25H,4,14-16H2,1-3H3. The summed E-state index contributed by atoms with van der Waals surface area (Å²) < 4.78 is 4.76. The van der Waals surface area contributed by atoms with E-state index in [4.69, 9.17) is 4.74 Å². The van der Waals surface area contributed by atoms with Gasteiger partial charge in [-0.3, -0.25) is 9.59 Å². The first-order valence-corrected chi connectivity index (χ1v) is 10.3. The molecule has 0 bridgehead atoms. The molecule has 1 N–H and O–H groups in total. The molecule has 0 radical (unpaired) electrons. The number of methoxy groups -OCH3 is 1. The summed E-state index contributed by atoms with van der Waals surface area (Å²) in [6.07, 6.45) is 1.46. The van der Waals surface area contributed by atoms with Crippen LogP contribution >= 0.6 is 0 Å². The van der Waals surface area contributed by atoms with Gasteiger partial charge in [0.1, 0.15) is 0 Å². The van der Waals surface area contributed by atoms with Crippen LogP contribution in [-0.2, 0) is 14.3 Å².